The molecule has 2 aromatic rings. The van der Waals surface area contributed by atoms with Crippen molar-refractivity contribution in [2.75, 3.05) is 7.11 Å². The minimum absolute atomic E-state index is 0.429. The van der Waals surface area contributed by atoms with E-state index in [0.29, 0.717) is 11.2 Å². The highest BCUT2D eigenvalue weighted by atomic mass is 32.1. The van der Waals surface area contributed by atoms with Crippen LogP contribution >= 0.6 is 12.2 Å². The molecular weight excluding hydrogens is 210 g/mol. The first-order valence-electron chi connectivity index (χ1n) is 4.52. The Kier molecular flexibility index (Phi) is 2.94. The Morgan fingerprint density at radius 3 is 3.00 bits per heavy atom. The van der Waals surface area contributed by atoms with Gasteiger partial charge in [0.2, 0.25) is 0 Å². The van der Waals surface area contributed by atoms with Crippen molar-refractivity contribution in [3.05, 3.63) is 34.9 Å². The van der Waals surface area contributed by atoms with E-state index in [9.17, 15) is 0 Å². The maximum atomic E-state index is 5.07. The summed E-state index contributed by atoms with van der Waals surface area (Å²) >= 11 is 5.07. The Bertz CT molecular complexity index is 490. The summed E-state index contributed by atoms with van der Waals surface area (Å²) in [4.78, 5) is 10.4. The van der Waals surface area contributed by atoms with Crippen molar-refractivity contribution >= 4 is 12.2 Å². The van der Waals surface area contributed by atoms with Gasteiger partial charge in [-0.2, -0.15) is 0 Å². The zero-order valence-corrected chi connectivity index (χ0v) is 9.10. The number of aromatic amines is 2. The zero-order chi connectivity index (χ0) is 10.7. The molecule has 0 spiro atoms. The van der Waals surface area contributed by atoms with Crippen molar-refractivity contribution in [3.8, 4) is 11.4 Å². The van der Waals surface area contributed by atoms with Crippen LogP contribution in [-0.4, -0.2) is 22.1 Å². The standard InChI is InChI=1S/C10H11N3OS/c1-14-6-9-12-8(5-10(15)13-9)7-3-2-4-11-7/h2-5,11H,6H2,1H3,(H,12,13,15). The topological polar surface area (TPSA) is 53.7 Å². The van der Waals surface area contributed by atoms with E-state index in [-0.39, 0.29) is 0 Å². The third kappa shape index (κ3) is 2.31. The molecule has 0 atom stereocenters. The molecule has 0 aliphatic carbocycles. The number of nitrogens with zero attached hydrogens (tertiary/aromatic N) is 1. The fourth-order valence-electron chi connectivity index (χ4n) is 1.36. The molecule has 0 unspecified atom stereocenters. The molecule has 0 aromatic carbocycles. The van der Waals surface area contributed by atoms with Gasteiger partial charge in [0.1, 0.15) is 17.1 Å². The Morgan fingerprint density at radius 2 is 2.33 bits per heavy atom. The quantitative estimate of drug-likeness (QED) is 0.782. The van der Waals surface area contributed by atoms with E-state index in [0.717, 1.165) is 17.2 Å². The first kappa shape index (κ1) is 10.1. The van der Waals surface area contributed by atoms with Crippen LogP contribution in [0.4, 0.5) is 0 Å². The molecule has 15 heavy (non-hydrogen) atoms. The summed E-state index contributed by atoms with van der Waals surface area (Å²) in [5.41, 5.74) is 1.91. The molecule has 2 N–H and O–H groups in total. The maximum absolute atomic E-state index is 5.07. The second kappa shape index (κ2) is 4.37. The van der Waals surface area contributed by atoms with Crippen molar-refractivity contribution in [2.24, 2.45) is 0 Å². The summed E-state index contributed by atoms with van der Waals surface area (Å²) in [7, 11) is 1.62. The van der Waals surface area contributed by atoms with Crippen LogP contribution in [0.2, 0.25) is 0 Å². The number of hydrogen-bond donors (Lipinski definition) is 2. The SMILES string of the molecule is COCc1nc(=S)cc(-c2ccc[nH]2)[nH]1. The molecule has 0 saturated carbocycles. The number of hydrogen-bond acceptors (Lipinski definition) is 3. The summed E-state index contributed by atoms with van der Waals surface area (Å²) in [6.07, 6.45) is 1.86. The van der Waals surface area contributed by atoms with Gasteiger partial charge in [0.25, 0.3) is 0 Å². The Morgan fingerprint density at radius 1 is 1.47 bits per heavy atom. The Balaban J connectivity index is 2.44. The summed E-state index contributed by atoms with van der Waals surface area (Å²) in [6, 6.07) is 5.72. The van der Waals surface area contributed by atoms with Crippen LogP contribution in [-0.2, 0) is 11.3 Å². The van der Waals surface area contributed by atoms with Gasteiger partial charge in [-0.15, -0.1) is 0 Å². The van der Waals surface area contributed by atoms with Crippen LogP contribution in [0.25, 0.3) is 11.4 Å². The number of methoxy groups -OCH3 is 1. The van der Waals surface area contributed by atoms with Crippen LogP contribution in [0, 0.1) is 4.64 Å². The van der Waals surface area contributed by atoms with Crippen molar-refractivity contribution < 1.29 is 4.74 Å². The third-order valence-corrected chi connectivity index (χ3v) is 2.17. The van der Waals surface area contributed by atoms with Crippen LogP contribution in [0.15, 0.2) is 24.4 Å². The molecule has 0 amide bonds. The molecule has 2 aromatic heterocycles. The maximum Gasteiger partial charge on any atom is 0.134 e. The highest BCUT2D eigenvalue weighted by molar-refractivity contribution is 7.71. The van der Waals surface area contributed by atoms with E-state index >= 15 is 0 Å². The predicted octanol–water partition coefficient (Wildman–Crippen LogP) is 2.28. The minimum atomic E-state index is 0.429. The molecule has 2 heterocycles. The second-order valence-electron chi connectivity index (χ2n) is 3.10. The van der Waals surface area contributed by atoms with Crippen LogP contribution in [0.3, 0.4) is 0 Å². The van der Waals surface area contributed by atoms with Crippen LogP contribution in [0.1, 0.15) is 5.82 Å². The van der Waals surface area contributed by atoms with Crippen molar-refractivity contribution in [3.63, 3.8) is 0 Å². The van der Waals surface area contributed by atoms with Gasteiger partial charge in [-0.1, -0.05) is 12.2 Å². The lowest BCUT2D eigenvalue weighted by atomic mass is 10.3. The molecule has 2 rings (SSSR count). The second-order valence-corrected chi connectivity index (χ2v) is 3.51. The minimum Gasteiger partial charge on any atom is -0.377 e. The number of nitrogens with one attached hydrogen (secondary N) is 2. The van der Waals surface area contributed by atoms with Crippen LogP contribution in [0.5, 0.6) is 0 Å². The van der Waals surface area contributed by atoms with Gasteiger partial charge in [0.05, 0.1) is 11.4 Å². The average molecular weight is 221 g/mol. The summed E-state index contributed by atoms with van der Waals surface area (Å²) < 4.78 is 5.57. The molecular formula is C10H11N3OS. The first-order valence-corrected chi connectivity index (χ1v) is 4.93. The van der Waals surface area contributed by atoms with E-state index in [1.807, 2.05) is 24.4 Å². The van der Waals surface area contributed by atoms with E-state index in [1.54, 1.807) is 7.11 Å². The van der Waals surface area contributed by atoms with Gasteiger partial charge in [-0.3, -0.25) is 0 Å². The fourth-order valence-corrected chi connectivity index (χ4v) is 1.58. The van der Waals surface area contributed by atoms with E-state index < -0.39 is 0 Å². The highest BCUT2D eigenvalue weighted by Gasteiger charge is 2.01. The lowest BCUT2D eigenvalue weighted by Gasteiger charge is -2.03. The molecule has 0 saturated heterocycles. The van der Waals surface area contributed by atoms with Crippen molar-refractivity contribution in [2.45, 2.75) is 6.61 Å². The lowest BCUT2D eigenvalue weighted by molar-refractivity contribution is 0.177. The number of ether oxygens (including phenoxy) is 1. The number of rotatable bonds is 3. The van der Waals surface area contributed by atoms with Gasteiger partial charge < -0.3 is 14.7 Å². The Labute approximate surface area is 92.3 Å². The largest absolute Gasteiger partial charge is 0.377 e. The third-order valence-electron chi connectivity index (χ3n) is 1.96. The molecule has 0 aliphatic rings. The number of aromatic nitrogens is 3. The lowest BCUT2D eigenvalue weighted by Crippen LogP contribution is -1.98. The summed E-state index contributed by atoms with van der Waals surface area (Å²) in [5.74, 6) is 0.731. The molecule has 78 valence electrons. The van der Waals surface area contributed by atoms with E-state index in [2.05, 4.69) is 15.0 Å². The predicted molar refractivity (Wildman–Crippen MR) is 59.9 cm³/mol. The molecule has 4 nitrogen and oxygen atoms in total. The van der Waals surface area contributed by atoms with E-state index in [1.165, 1.54) is 0 Å². The number of H-pyrrole nitrogens is 2. The average Bonchev–Trinajstić information content (AvgIpc) is 2.70. The van der Waals surface area contributed by atoms with Crippen molar-refractivity contribution in [1.82, 2.24) is 15.0 Å². The van der Waals surface area contributed by atoms with Crippen LogP contribution < -0.4 is 0 Å². The summed E-state index contributed by atoms with van der Waals surface area (Å²) in [5, 5.41) is 0. The molecule has 5 heteroatoms. The smallest absolute Gasteiger partial charge is 0.134 e. The van der Waals surface area contributed by atoms with Gasteiger partial charge in [-0.25, -0.2) is 4.98 Å². The Hall–Kier alpha value is -1.46. The molecule has 0 bridgehead atoms. The van der Waals surface area contributed by atoms with Gasteiger partial charge >= 0.3 is 0 Å². The van der Waals surface area contributed by atoms with Crippen molar-refractivity contribution in [1.29, 1.82) is 0 Å². The van der Waals surface area contributed by atoms with Gasteiger partial charge in [0.15, 0.2) is 0 Å². The molecule has 0 fully saturated rings. The summed E-state index contributed by atoms with van der Waals surface area (Å²) in [6.45, 7) is 0.429. The molecule has 0 aliphatic heterocycles. The highest BCUT2D eigenvalue weighted by Crippen LogP contribution is 2.14. The normalized spacial score (nSPS) is 10.5. The zero-order valence-electron chi connectivity index (χ0n) is 8.28. The van der Waals surface area contributed by atoms with Gasteiger partial charge in [-0.05, 0) is 12.1 Å². The first-order chi connectivity index (χ1) is 7.29. The molecule has 0 radical (unpaired) electrons. The van der Waals surface area contributed by atoms with Gasteiger partial charge in [0, 0.05) is 19.4 Å². The van der Waals surface area contributed by atoms with E-state index in [4.69, 9.17) is 17.0 Å². The fraction of sp³-hybridized carbons (Fsp3) is 0.200. The monoisotopic (exact) mass is 221 g/mol.